The van der Waals surface area contributed by atoms with Crippen molar-refractivity contribution in [2.24, 2.45) is 5.92 Å². The fourth-order valence-corrected chi connectivity index (χ4v) is 2.51. The highest BCUT2D eigenvalue weighted by Gasteiger charge is 2.36. The Morgan fingerprint density at radius 1 is 1.15 bits per heavy atom. The van der Waals surface area contributed by atoms with E-state index in [1.165, 1.54) is 25.7 Å². The van der Waals surface area contributed by atoms with Crippen LogP contribution >= 0.6 is 0 Å². The summed E-state index contributed by atoms with van der Waals surface area (Å²) in [6, 6.07) is 0.677. The van der Waals surface area contributed by atoms with Gasteiger partial charge in [0.2, 0.25) is 0 Å². The summed E-state index contributed by atoms with van der Waals surface area (Å²) in [6.07, 6.45) is 5.33. The second kappa shape index (κ2) is 4.61. The van der Waals surface area contributed by atoms with Crippen LogP contribution in [0.5, 0.6) is 0 Å². The summed E-state index contributed by atoms with van der Waals surface area (Å²) in [4.78, 5) is 11.9. The lowest BCUT2D eigenvalue weighted by Crippen LogP contribution is -2.31. The van der Waals surface area contributed by atoms with Crippen LogP contribution in [-0.2, 0) is 5.41 Å². The van der Waals surface area contributed by atoms with E-state index in [1.807, 2.05) is 0 Å². The number of aromatic nitrogens is 2. The maximum Gasteiger partial charge on any atom is 0.138 e. The Labute approximate surface area is 121 Å². The van der Waals surface area contributed by atoms with Crippen molar-refractivity contribution in [2.75, 3.05) is 17.2 Å². The van der Waals surface area contributed by atoms with Gasteiger partial charge in [-0.1, -0.05) is 20.8 Å². The number of hydrogen-bond donors (Lipinski definition) is 1. The fourth-order valence-electron chi connectivity index (χ4n) is 2.51. The Bertz CT molecular complexity index is 510. The lowest BCUT2D eigenvalue weighted by atomic mass is 9.95. The molecule has 110 valence electrons. The van der Waals surface area contributed by atoms with Crippen LogP contribution in [0.2, 0.25) is 0 Å². The van der Waals surface area contributed by atoms with Crippen LogP contribution in [0.1, 0.15) is 57.8 Å². The van der Waals surface area contributed by atoms with Crippen LogP contribution in [0.15, 0.2) is 0 Å². The minimum atomic E-state index is -0.0641. The summed E-state index contributed by atoms with van der Waals surface area (Å²) >= 11 is 0. The summed E-state index contributed by atoms with van der Waals surface area (Å²) in [5, 5.41) is 0. The normalized spacial score (nSPS) is 19.2. The van der Waals surface area contributed by atoms with Crippen LogP contribution < -0.4 is 10.6 Å². The highest BCUT2D eigenvalue weighted by Crippen LogP contribution is 2.39. The molecule has 2 aliphatic rings. The molecular weight excluding hydrogens is 248 g/mol. The third-order valence-electron chi connectivity index (χ3n) is 4.24. The van der Waals surface area contributed by atoms with Gasteiger partial charge in [0.1, 0.15) is 17.5 Å². The lowest BCUT2D eigenvalue weighted by Gasteiger charge is -2.28. The van der Waals surface area contributed by atoms with E-state index in [2.05, 4.69) is 37.6 Å². The molecule has 0 amide bonds. The molecule has 0 bridgehead atoms. The van der Waals surface area contributed by atoms with Crippen molar-refractivity contribution in [3.05, 3.63) is 11.4 Å². The van der Waals surface area contributed by atoms with Crippen molar-refractivity contribution in [3.8, 4) is 0 Å². The Hall–Kier alpha value is -1.32. The van der Waals surface area contributed by atoms with Crippen molar-refractivity contribution in [2.45, 2.75) is 64.8 Å². The molecule has 2 aliphatic carbocycles. The molecule has 2 saturated carbocycles. The summed E-state index contributed by atoms with van der Waals surface area (Å²) in [7, 11) is 0. The summed E-state index contributed by atoms with van der Waals surface area (Å²) in [6.45, 7) is 9.63. The SMILES string of the molecule is Cc1c(N)nc(C(C)(C)C)nc1N(CC1CC1)C1CC1. The highest BCUT2D eigenvalue weighted by atomic mass is 15.3. The topological polar surface area (TPSA) is 55.0 Å². The molecule has 0 saturated heterocycles. The van der Waals surface area contributed by atoms with Gasteiger partial charge in [-0.3, -0.25) is 0 Å². The molecular formula is C16H26N4. The Morgan fingerprint density at radius 2 is 1.80 bits per heavy atom. The minimum absolute atomic E-state index is 0.0641. The molecule has 20 heavy (non-hydrogen) atoms. The quantitative estimate of drug-likeness (QED) is 0.917. The number of nitrogens with two attached hydrogens (primary N) is 1. The van der Waals surface area contributed by atoms with Crippen LogP contribution in [0, 0.1) is 12.8 Å². The van der Waals surface area contributed by atoms with Crippen molar-refractivity contribution >= 4 is 11.6 Å². The second-order valence-corrected chi connectivity index (χ2v) is 7.46. The van der Waals surface area contributed by atoms with Crippen LogP contribution in [0.3, 0.4) is 0 Å². The van der Waals surface area contributed by atoms with Gasteiger partial charge in [-0.15, -0.1) is 0 Å². The first-order valence-electron chi connectivity index (χ1n) is 7.77. The molecule has 2 fully saturated rings. The standard InChI is InChI=1S/C16H26N4/c1-10-13(17)18-15(16(2,3)4)19-14(10)20(12-7-8-12)9-11-5-6-11/h11-12H,5-9H2,1-4H3,(H2,17,18,19). The van der Waals surface area contributed by atoms with Crippen LogP contribution in [-0.4, -0.2) is 22.6 Å². The predicted molar refractivity (Wildman–Crippen MR) is 83.0 cm³/mol. The molecule has 0 spiro atoms. The molecule has 0 unspecified atom stereocenters. The molecule has 4 heteroatoms. The number of nitrogen functional groups attached to an aromatic ring is 1. The molecule has 1 heterocycles. The van der Waals surface area contributed by atoms with E-state index in [9.17, 15) is 0 Å². The van der Waals surface area contributed by atoms with E-state index < -0.39 is 0 Å². The largest absolute Gasteiger partial charge is 0.383 e. The monoisotopic (exact) mass is 274 g/mol. The van der Waals surface area contributed by atoms with Gasteiger partial charge in [-0.25, -0.2) is 9.97 Å². The number of anilines is 2. The Balaban J connectivity index is 1.98. The molecule has 2 N–H and O–H groups in total. The first-order valence-corrected chi connectivity index (χ1v) is 7.77. The predicted octanol–water partition coefficient (Wildman–Crippen LogP) is 3.04. The molecule has 0 aliphatic heterocycles. The van der Waals surface area contributed by atoms with E-state index in [0.29, 0.717) is 11.9 Å². The summed E-state index contributed by atoms with van der Waals surface area (Å²) in [5.41, 5.74) is 7.13. The molecule has 1 aromatic rings. The first kappa shape index (κ1) is 13.7. The van der Waals surface area contributed by atoms with Crippen molar-refractivity contribution in [3.63, 3.8) is 0 Å². The summed E-state index contributed by atoms with van der Waals surface area (Å²) in [5.74, 6) is 3.44. The van der Waals surface area contributed by atoms with Crippen molar-refractivity contribution < 1.29 is 0 Å². The molecule has 3 rings (SSSR count). The van der Waals surface area contributed by atoms with Gasteiger partial charge in [0.05, 0.1) is 0 Å². The third-order valence-corrected chi connectivity index (χ3v) is 4.24. The van der Waals surface area contributed by atoms with Gasteiger partial charge in [-0.05, 0) is 38.5 Å². The average molecular weight is 274 g/mol. The van der Waals surface area contributed by atoms with Crippen LogP contribution in [0.25, 0.3) is 0 Å². The van der Waals surface area contributed by atoms with E-state index in [-0.39, 0.29) is 5.41 Å². The maximum atomic E-state index is 6.15. The van der Waals surface area contributed by atoms with Gasteiger partial charge < -0.3 is 10.6 Å². The highest BCUT2D eigenvalue weighted by molar-refractivity contribution is 5.58. The van der Waals surface area contributed by atoms with Gasteiger partial charge in [0, 0.05) is 23.6 Å². The molecule has 0 atom stereocenters. The molecule has 0 aromatic carbocycles. The average Bonchev–Trinajstić information content (AvgIpc) is 3.23. The number of rotatable bonds is 4. The Kier molecular flexibility index (Phi) is 3.14. The third kappa shape index (κ3) is 2.74. The van der Waals surface area contributed by atoms with Crippen molar-refractivity contribution in [1.82, 2.24) is 9.97 Å². The molecule has 0 radical (unpaired) electrons. The molecule has 4 nitrogen and oxygen atoms in total. The number of hydrogen-bond acceptors (Lipinski definition) is 4. The first-order chi connectivity index (χ1) is 9.36. The zero-order chi connectivity index (χ0) is 14.5. The fraction of sp³-hybridized carbons (Fsp3) is 0.750. The van der Waals surface area contributed by atoms with E-state index in [1.54, 1.807) is 0 Å². The van der Waals surface area contributed by atoms with E-state index in [4.69, 9.17) is 10.7 Å². The van der Waals surface area contributed by atoms with E-state index in [0.717, 1.165) is 29.7 Å². The Morgan fingerprint density at radius 3 is 2.30 bits per heavy atom. The van der Waals surface area contributed by atoms with E-state index >= 15 is 0 Å². The zero-order valence-electron chi connectivity index (χ0n) is 13.1. The van der Waals surface area contributed by atoms with Gasteiger partial charge in [-0.2, -0.15) is 0 Å². The number of nitrogens with zero attached hydrogens (tertiary/aromatic N) is 3. The zero-order valence-corrected chi connectivity index (χ0v) is 13.1. The lowest BCUT2D eigenvalue weighted by molar-refractivity contribution is 0.543. The summed E-state index contributed by atoms with van der Waals surface area (Å²) < 4.78 is 0. The second-order valence-electron chi connectivity index (χ2n) is 7.46. The maximum absolute atomic E-state index is 6.15. The van der Waals surface area contributed by atoms with Crippen LogP contribution in [0.4, 0.5) is 11.6 Å². The van der Waals surface area contributed by atoms with Gasteiger partial charge in [0.15, 0.2) is 0 Å². The van der Waals surface area contributed by atoms with Gasteiger partial charge in [0.25, 0.3) is 0 Å². The van der Waals surface area contributed by atoms with Crippen molar-refractivity contribution in [1.29, 1.82) is 0 Å². The molecule has 1 aromatic heterocycles. The minimum Gasteiger partial charge on any atom is -0.383 e. The smallest absolute Gasteiger partial charge is 0.138 e. The van der Waals surface area contributed by atoms with Gasteiger partial charge >= 0.3 is 0 Å².